The molecule has 0 spiro atoms. The molecule has 0 aromatic carbocycles. The van der Waals surface area contributed by atoms with E-state index in [0.717, 1.165) is 11.1 Å². The van der Waals surface area contributed by atoms with Crippen LogP contribution in [0.4, 0.5) is 0 Å². The molecule has 0 radical (unpaired) electrons. The molecular formula is C53H85NO13. The molecule has 2 rings (SSSR count). The lowest BCUT2D eigenvalue weighted by molar-refractivity contribution is -0.152. The summed E-state index contributed by atoms with van der Waals surface area (Å²) in [5, 5.41) is 11.4. The van der Waals surface area contributed by atoms with E-state index in [1.54, 1.807) is 68.1 Å². The number of carbonyl (C=O) groups is 4. The quantitative estimate of drug-likeness (QED) is 0.0801. The summed E-state index contributed by atoms with van der Waals surface area (Å²) >= 11 is 0. The van der Waals surface area contributed by atoms with E-state index in [1.165, 1.54) is 11.0 Å². The molecule has 14 nitrogen and oxygen atoms in total. The van der Waals surface area contributed by atoms with Crippen molar-refractivity contribution in [3.05, 3.63) is 72.0 Å². The first-order valence-corrected chi connectivity index (χ1v) is 23.9. The third-order valence-corrected chi connectivity index (χ3v) is 13.7. The predicted octanol–water partition coefficient (Wildman–Crippen LogP) is 7.94. The summed E-state index contributed by atoms with van der Waals surface area (Å²) in [6.45, 7) is 13.8. The molecule has 0 unspecified atom stereocenters. The molecule has 1 N–H and O–H groups in total. The second-order valence-electron chi connectivity index (χ2n) is 18.7. The number of nitrogens with zero attached hydrogens (tertiary/aromatic N) is 1. The number of carbonyl (C=O) groups excluding carboxylic acids is 4. The van der Waals surface area contributed by atoms with Crippen molar-refractivity contribution in [1.82, 2.24) is 4.90 Å². The number of fused-ring (bicyclic) bond motifs is 2. The van der Waals surface area contributed by atoms with E-state index in [4.69, 9.17) is 37.9 Å². The molecule has 1 amide bonds. The Bertz CT molecular complexity index is 1690. The van der Waals surface area contributed by atoms with E-state index in [1.807, 2.05) is 84.9 Å². The Morgan fingerprint density at radius 3 is 2.10 bits per heavy atom. The number of hydrogen-bond acceptors (Lipinski definition) is 13. The van der Waals surface area contributed by atoms with Crippen LogP contribution >= 0.6 is 0 Å². The zero-order chi connectivity index (χ0) is 50.2. The van der Waals surface area contributed by atoms with E-state index in [0.29, 0.717) is 57.8 Å². The summed E-state index contributed by atoms with van der Waals surface area (Å²) in [5.74, 6) is -2.31. The average Bonchev–Trinajstić information content (AvgIpc) is 3.31. The number of methoxy groups -OCH3 is 6. The van der Waals surface area contributed by atoms with Crippen LogP contribution in [0.1, 0.15) is 99.8 Å². The third-order valence-electron chi connectivity index (χ3n) is 13.7. The van der Waals surface area contributed by atoms with Crippen LogP contribution in [0, 0.1) is 35.5 Å². The van der Waals surface area contributed by atoms with Gasteiger partial charge < -0.3 is 47.9 Å². The van der Waals surface area contributed by atoms with Crippen molar-refractivity contribution in [3.8, 4) is 0 Å². The fraction of sp³-hybridized carbons (Fsp3) is 0.698. The van der Waals surface area contributed by atoms with E-state index in [9.17, 15) is 24.3 Å². The van der Waals surface area contributed by atoms with Crippen molar-refractivity contribution in [2.75, 3.05) is 49.7 Å². The molecule has 0 aromatic rings. The van der Waals surface area contributed by atoms with Gasteiger partial charge in [-0.05, 0) is 38.5 Å². The van der Waals surface area contributed by atoms with Crippen molar-refractivity contribution in [2.45, 2.75) is 155 Å². The fourth-order valence-electron chi connectivity index (χ4n) is 9.07. The van der Waals surface area contributed by atoms with Gasteiger partial charge in [0.25, 0.3) is 0 Å². The highest BCUT2D eigenvalue weighted by molar-refractivity contribution is 5.84. The van der Waals surface area contributed by atoms with Gasteiger partial charge in [0.1, 0.15) is 18.0 Å². The highest BCUT2D eigenvalue weighted by Gasteiger charge is 2.37. The molecule has 0 aromatic heterocycles. The zero-order valence-corrected chi connectivity index (χ0v) is 43.0. The Morgan fingerprint density at radius 1 is 0.851 bits per heavy atom. The topological polar surface area (TPSA) is 166 Å². The van der Waals surface area contributed by atoms with E-state index < -0.39 is 36.4 Å². The minimum Gasteiger partial charge on any atom is -0.458 e. The molecule has 2 aliphatic rings. The lowest BCUT2D eigenvalue weighted by Gasteiger charge is -2.35. The number of ketones is 1. The van der Waals surface area contributed by atoms with Gasteiger partial charge >= 0.3 is 11.9 Å². The standard InChI is InChI=1S/C53H85NO13/c1-34-17-15-19-50(58)67-53(40(7)52(65-14)36(3)22-25-45(56)38(5)47(63-12)18-16-26-54(8)33-55)37(4)21-24-42(60-9)31-46(57)35(2)20-23-43(61-10)32-48(64-13)39(6)49-29-41(30-51(59)66-49)28-44(27-34)62-11/h15-17,19-21,23-24,26,30,33,35-40,42-44,46-49,52-53,57H,18,22,25,27-29,31-32H2,1-14H3/b19-15+,23-20+,24-21+,26-16+,34-17+/t35-,36+,37-,38-,39-,40+,42-,43-,44-,46+,47-,48+,49-,52+,53-/m0/s1. The van der Waals surface area contributed by atoms with Gasteiger partial charge in [-0.1, -0.05) is 95.2 Å². The van der Waals surface area contributed by atoms with Gasteiger partial charge in [-0.3, -0.25) is 9.59 Å². The van der Waals surface area contributed by atoms with Crippen molar-refractivity contribution in [1.29, 1.82) is 0 Å². The van der Waals surface area contributed by atoms with Crippen molar-refractivity contribution < 1.29 is 62.2 Å². The van der Waals surface area contributed by atoms with Gasteiger partial charge in [-0.25, -0.2) is 9.59 Å². The maximum atomic E-state index is 13.6. The van der Waals surface area contributed by atoms with Crippen LogP contribution in [0.15, 0.2) is 72.0 Å². The first-order valence-electron chi connectivity index (χ1n) is 23.9. The van der Waals surface area contributed by atoms with Crippen molar-refractivity contribution >= 4 is 24.1 Å². The summed E-state index contributed by atoms with van der Waals surface area (Å²) in [7, 11) is 11.4. The monoisotopic (exact) mass is 944 g/mol. The average molecular weight is 944 g/mol. The predicted molar refractivity (Wildman–Crippen MR) is 260 cm³/mol. The summed E-state index contributed by atoms with van der Waals surface area (Å²) in [5.41, 5.74) is 1.90. The van der Waals surface area contributed by atoms with Gasteiger partial charge in [0.15, 0.2) is 0 Å². The number of ether oxygens (including phenoxy) is 8. The first-order chi connectivity index (χ1) is 31.9. The minimum atomic E-state index is -0.754. The Hall–Kier alpha value is -3.76. The molecule has 2 heterocycles. The maximum absolute atomic E-state index is 13.6. The highest BCUT2D eigenvalue weighted by Crippen LogP contribution is 2.33. The number of rotatable bonds is 18. The van der Waals surface area contributed by atoms with E-state index in [-0.39, 0.29) is 71.8 Å². The lowest BCUT2D eigenvalue weighted by Crippen LogP contribution is -2.41. The largest absolute Gasteiger partial charge is 0.458 e. The number of aliphatic hydroxyl groups excluding tert-OH is 1. The second kappa shape index (κ2) is 31.4. The van der Waals surface area contributed by atoms with Crippen LogP contribution < -0.4 is 0 Å². The molecular weight excluding hydrogens is 859 g/mol. The second-order valence-corrected chi connectivity index (χ2v) is 18.7. The molecule has 2 aliphatic heterocycles. The van der Waals surface area contributed by atoms with Gasteiger partial charge in [0.2, 0.25) is 6.41 Å². The summed E-state index contributed by atoms with van der Waals surface area (Å²) in [4.78, 5) is 52.3. The summed E-state index contributed by atoms with van der Waals surface area (Å²) < 4.78 is 47.4. The molecule has 0 aliphatic carbocycles. The number of cyclic esters (lactones) is 1. The third kappa shape index (κ3) is 20.4. The van der Waals surface area contributed by atoms with Gasteiger partial charge in [0, 0.05) is 123 Å². The van der Waals surface area contributed by atoms with Gasteiger partial charge in [-0.15, -0.1) is 0 Å². The molecule has 67 heavy (non-hydrogen) atoms. The number of Topliss-reactive ketones (excluding diaryl/α,β-unsaturated/α-hetero) is 1. The van der Waals surface area contributed by atoms with E-state index in [2.05, 4.69) is 0 Å². The number of aliphatic hydroxyl groups is 1. The fourth-order valence-corrected chi connectivity index (χ4v) is 9.07. The number of allylic oxidation sites excluding steroid dienone is 2. The first kappa shape index (κ1) is 59.4. The van der Waals surface area contributed by atoms with Crippen LogP contribution in [0.3, 0.4) is 0 Å². The minimum absolute atomic E-state index is 0.0620. The number of amides is 1. The smallest absolute Gasteiger partial charge is 0.331 e. The molecule has 0 fully saturated rings. The van der Waals surface area contributed by atoms with Crippen LogP contribution in [0.2, 0.25) is 0 Å². The highest BCUT2D eigenvalue weighted by atomic mass is 16.6. The Kier molecular flexibility index (Phi) is 27.8. The van der Waals surface area contributed by atoms with Crippen molar-refractivity contribution in [2.24, 2.45) is 35.5 Å². The number of esters is 2. The lowest BCUT2D eigenvalue weighted by atomic mass is 9.81. The van der Waals surface area contributed by atoms with Crippen LogP contribution in [-0.2, 0) is 57.1 Å². The van der Waals surface area contributed by atoms with Crippen LogP contribution in [0.5, 0.6) is 0 Å². The molecule has 2 bridgehead atoms. The molecule has 0 saturated heterocycles. The van der Waals surface area contributed by atoms with E-state index >= 15 is 0 Å². The SMILES string of the molecule is CO[C@@H]1CC2=CC(=O)O[C@@H](C2)[C@@H](C)[C@H](OC)C[C@@H](OC)/C=C/[C@H](C)[C@H](O)C[C@@H](OC)/C=C/[C@H](C)[C@@H]([C@H](C)[C@H](OC)[C@H](C)CCC(=O)[C@H](C)[C@H](C/C=C/N(C)C=O)OC)OC(=O)/C=C/C=C(\C)C1. The number of hydrogen-bond donors (Lipinski definition) is 1. The molecule has 380 valence electrons. The van der Waals surface area contributed by atoms with Crippen LogP contribution in [-0.4, -0.2) is 139 Å². The van der Waals surface area contributed by atoms with Gasteiger partial charge in [0.05, 0.1) is 42.7 Å². The maximum Gasteiger partial charge on any atom is 0.331 e. The Morgan fingerprint density at radius 2 is 1.51 bits per heavy atom. The molecule has 15 atom stereocenters. The van der Waals surface area contributed by atoms with Gasteiger partial charge in [-0.2, -0.15) is 0 Å². The van der Waals surface area contributed by atoms with Crippen LogP contribution in [0.25, 0.3) is 0 Å². The Labute approximate surface area is 402 Å². The molecule has 0 saturated carbocycles. The zero-order valence-electron chi connectivity index (χ0n) is 43.0. The Balaban J connectivity index is 2.46. The molecule has 14 heteroatoms. The summed E-state index contributed by atoms with van der Waals surface area (Å²) in [6, 6.07) is 0. The summed E-state index contributed by atoms with van der Waals surface area (Å²) in [6.07, 6.45) is 18.4. The van der Waals surface area contributed by atoms with Crippen molar-refractivity contribution in [3.63, 3.8) is 0 Å². The normalized spacial score (nSPS) is 32.2.